The molecule has 1 atom stereocenters. The van der Waals surface area contributed by atoms with Gasteiger partial charge in [0.25, 0.3) is 0 Å². The molecule has 0 bridgehead atoms. The number of anilines is 1. The maximum Gasteiger partial charge on any atom is 0.247 e. The van der Waals surface area contributed by atoms with E-state index in [1.165, 1.54) is 0 Å². The Morgan fingerprint density at radius 1 is 1.00 bits per heavy atom. The predicted molar refractivity (Wildman–Crippen MR) is 134 cm³/mol. The summed E-state index contributed by atoms with van der Waals surface area (Å²) >= 11 is 0. The first kappa shape index (κ1) is 25.5. The number of nitrogens with two attached hydrogens (primary N) is 1. The zero-order chi connectivity index (χ0) is 23.1. The van der Waals surface area contributed by atoms with Crippen LogP contribution in [0.5, 0.6) is 11.5 Å². The Kier molecular flexibility index (Phi) is 9.12. The van der Waals surface area contributed by atoms with E-state index in [1.807, 2.05) is 49.4 Å². The van der Waals surface area contributed by atoms with Crippen molar-refractivity contribution in [1.29, 1.82) is 5.41 Å². The summed E-state index contributed by atoms with van der Waals surface area (Å²) in [5, 5.41) is 13.8. The molecular formula is C25H29ClN4O3. The number of halogens is 1. The second-order valence-corrected chi connectivity index (χ2v) is 7.32. The lowest BCUT2D eigenvalue weighted by Crippen LogP contribution is -2.33. The number of ether oxygens (including phenoxy) is 2. The van der Waals surface area contributed by atoms with Crippen LogP contribution in [0, 0.1) is 12.3 Å². The molecule has 33 heavy (non-hydrogen) atoms. The van der Waals surface area contributed by atoms with Crippen molar-refractivity contribution < 1.29 is 14.3 Å². The molecule has 8 heteroatoms. The van der Waals surface area contributed by atoms with E-state index in [0.717, 1.165) is 11.1 Å². The van der Waals surface area contributed by atoms with Crippen LogP contribution >= 0.6 is 12.4 Å². The van der Waals surface area contributed by atoms with Gasteiger partial charge in [0, 0.05) is 23.4 Å². The lowest BCUT2D eigenvalue weighted by Gasteiger charge is -2.22. The molecular weight excluding hydrogens is 440 g/mol. The molecule has 0 aromatic heterocycles. The lowest BCUT2D eigenvalue weighted by atomic mass is 10.0. The summed E-state index contributed by atoms with van der Waals surface area (Å²) in [5.41, 5.74) is 9.43. The predicted octanol–water partition coefficient (Wildman–Crippen LogP) is 4.19. The van der Waals surface area contributed by atoms with Gasteiger partial charge in [-0.2, -0.15) is 0 Å². The Morgan fingerprint density at radius 3 is 2.09 bits per heavy atom. The summed E-state index contributed by atoms with van der Waals surface area (Å²) in [5.74, 6) is 1.06. The Morgan fingerprint density at radius 2 is 1.58 bits per heavy atom. The Balaban J connectivity index is 0.00000385. The summed E-state index contributed by atoms with van der Waals surface area (Å²) in [6.07, 6.45) is 0. The fraction of sp³-hybridized carbons (Fsp3) is 0.200. The quantitative estimate of drug-likeness (QED) is 0.278. The molecule has 0 saturated carbocycles. The molecule has 0 heterocycles. The second-order valence-electron chi connectivity index (χ2n) is 7.32. The maximum absolute atomic E-state index is 13.3. The monoisotopic (exact) mass is 468 g/mol. The molecule has 7 nitrogen and oxygen atoms in total. The zero-order valence-corrected chi connectivity index (χ0v) is 19.7. The highest BCUT2D eigenvalue weighted by molar-refractivity contribution is 5.95. The van der Waals surface area contributed by atoms with Crippen LogP contribution in [0.25, 0.3) is 0 Å². The van der Waals surface area contributed by atoms with Gasteiger partial charge in [0.1, 0.15) is 23.4 Å². The van der Waals surface area contributed by atoms with Crippen molar-refractivity contribution >= 4 is 29.8 Å². The molecule has 5 N–H and O–H groups in total. The smallest absolute Gasteiger partial charge is 0.247 e. The fourth-order valence-corrected chi connectivity index (χ4v) is 3.37. The standard InChI is InChI=1S/C25H28N4O3.ClH/c1-16-21(31-2)13-19(14-22(16)32-3)23(25(30)28-15-17-7-5-4-6-8-17)29-20-11-9-18(10-12-20)24(26)27;/h4-14,23,29H,15H2,1-3H3,(H3,26,27)(H,28,30);1H/t23-;/m1./s1. The number of hydrogen-bond donors (Lipinski definition) is 4. The molecule has 0 spiro atoms. The van der Waals surface area contributed by atoms with Gasteiger partial charge in [-0.05, 0) is 54.4 Å². The van der Waals surface area contributed by atoms with Gasteiger partial charge in [0.05, 0.1) is 14.2 Å². The highest BCUT2D eigenvalue weighted by Gasteiger charge is 2.23. The summed E-state index contributed by atoms with van der Waals surface area (Å²) < 4.78 is 11.0. The van der Waals surface area contributed by atoms with E-state index < -0.39 is 6.04 Å². The number of methoxy groups -OCH3 is 2. The Bertz CT molecular complexity index is 1060. The lowest BCUT2D eigenvalue weighted by molar-refractivity contribution is -0.122. The van der Waals surface area contributed by atoms with Gasteiger partial charge in [0.2, 0.25) is 5.91 Å². The molecule has 3 rings (SSSR count). The average Bonchev–Trinajstić information content (AvgIpc) is 2.82. The Hall–Kier alpha value is -3.71. The van der Waals surface area contributed by atoms with E-state index >= 15 is 0 Å². The first-order valence-corrected chi connectivity index (χ1v) is 10.2. The van der Waals surface area contributed by atoms with Crippen LogP contribution in [0.1, 0.15) is 28.3 Å². The molecule has 0 aliphatic heterocycles. The van der Waals surface area contributed by atoms with Crippen LogP contribution in [-0.2, 0) is 11.3 Å². The number of carbonyl (C=O) groups is 1. The molecule has 0 aliphatic carbocycles. The van der Waals surface area contributed by atoms with E-state index in [0.29, 0.717) is 34.9 Å². The number of benzene rings is 3. The maximum atomic E-state index is 13.3. The van der Waals surface area contributed by atoms with Crippen LogP contribution in [-0.4, -0.2) is 26.0 Å². The van der Waals surface area contributed by atoms with Crippen molar-refractivity contribution in [3.8, 4) is 11.5 Å². The number of amides is 1. The van der Waals surface area contributed by atoms with Crippen molar-refractivity contribution in [2.24, 2.45) is 5.73 Å². The Labute approximate surface area is 200 Å². The second kappa shape index (κ2) is 11.8. The van der Waals surface area contributed by atoms with E-state index in [4.69, 9.17) is 20.6 Å². The van der Waals surface area contributed by atoms with Gasteiger partial charge < -0.3 is 25.8 Å². The van der Waals surface area contributed by atoms with Gasteiger partial charge in [-0.15, -0.1) is 12.4 Å². The van der Waals surface area contributed by atoms with E-state index in [2.05, 4.69) is 10.6 Å². The average molecular weight is 469 g/mol. The normalized spacial score (nSPS) is 11.0. The van der Waals surface area contributed by atoms with Crippen molar-refractivity contribution in [2.75, 3.05) is 19.5 Å². The molecule has 0 radical (unpaired) electrons. The molecule has 174 valence electrons. The number of carbonyl (C=O) groups excluding carboxylic acids is 1. The number of amidine groups is 1. The van der Waals surface area contributed by atoms with Gasteiger partial charge in [-0.3, -0.25) is 10.2 Å². The molecule has 0 saturated heterocycles. The molecule has 0 aliphatic rings. The summed E-state index contributed by atoms with van der Waals surface area (Å²) in [7, 11) is 3.17. The molecule has 3 aromatic rings. The third-order valence-electron chi connectivity index (χ3n) is 5.19. The first-order valence-electron chi connectivity index (χ1n) is 10.2. The first-order chi connectivity index (χ1) is 15.4. The minimum absolute atomic E-state index is 0. The molecule has 0 unspecified atom stereocenters. The van der Waals surface area contributed by atoms with Crippen molar-refractivity contribution in [3.05, 3.63) is 89.0 Å². The number of nitrogen functional groups attached to an aromatic ring is 1. The van der Waals surface area contributed by atoms with Crippen LogP contribution in [0.15, 0.2) is 66.7 Å². The summed E-state index contributed by atoms with van der Waals surface area (Å²) in [6.45, 7) is 2.31. The van der Waals surface area contributed by atoms with Crippen LogP contribution in [0.4, 0.5) is 5.69 Å². The molecule has 1 amide bonds. The van der Waals surface area contributed by atoms with Crippen molar-refractivity contribution in [3.63, 3.8) is 0 Å². The highest BCUT2D eigenvalue weighted by Crippen LogP contribution is 2.33. The minimum Gasteiger partial charge on any atom is -0.496 e. The van der Waals surface area contributed by atoms with E-state index in [9.17, 15) is 4.79 Å². The van der Waals surface area contributed by atoms with Crippen LogP contribution in [0.2, 0.25) is 0 Å². The van der Waals surface area contributed by atoms with Gasteiger partial charge >= 0.3 is 0 Å². The summed E-state index contributed by atoms with van der Waals surface area (Å²) in [6, 6.07) is 19.7. The van der Waals surface area contributed by atoms with Crippen molar-refractivity contribution in [2.45, 2.75) is 19.5 Å². The van der Waals surface area contributed by atoms with E-state index in [-0.39, 0.29) is 24.1 Å². The SMILES string of the molecule is COc1cc([C@@H](Nc2ccc(C(=N)N)cc2)C(=O)NCc2ccccc2)cc(OC)c1C.Cl. The summed E-state index contributed by atoms with van der Waals surface area (Å²) in [4.78, 5) is 13.3. The third-order valence-corrected chi connectivity index (χ3v) is 5.19. The van der Waals surface area contributed by atoms with Gasteiger partial charge in [-0.25, -0.2) is 0 Å². The van der Waals surface area contributed by atoms with Gasteiger partial charge in [0.15, 0.2) is 0 Å². The number of rotatable bonds is 9. The van der Waals surface area contributed by atoms with Crippen molar-refractivity contribution in [1.82, 2.24) is 5.32 Å². The zero-order valence-electron chi connectivity index (χ0n) is 18.8. The minimum atomic E-state index is -0.703. The molecule has 3 aromatic carbocycles. The highest BCUT2D eigenvalue weighted by atomic mass is 35.5. The fourth-order valence-electron chi connectivity index (χ4n) is 3.37. The van der Waals surface area contributed by atoms with Gasteiger partial charge in [-0.1, -0.05) is 30.3 Å². The third kappa shape index (κ3) is 6.40. The van der Waals surface area contributed by atoms with Crippen LogP contribution in [0.3, 0.4) is 0 Å². The van der Waals surface area contributed by atoms with E-state index in [1.54, 1.807) is 38.5 Å². The number of nitrogens with one attached hydrogen (secondary N) is 3. The molecule has 0 fully saturated rings. The largest absolute Gasteiger partial charge is 0.496 e. The number of hydrogen-bond acceptors (Lipinski definition) is 5. The van der Waals surface area contributed by atoms with Crippen LogP contribution < -0.4 is 25.8 Å². The topological polar surface area (TPSA) is 109 Å².